The van der Waals surface area contributed by atoms with Crippen LogP contribution in [-0.4, -0.2) is 26.9 Å². The fourth-order valence-electron chi connectivity index (χ4n) is 3.90. The first-order valence-electron chi connectivity index (χ1n) is 10.8. The number of hydrogen-bond donors (Lipinski definition) is 0. The van der Waals surface area contributed by atoms with Gasteiger partial charge in [-0.3, -0.25) is 14.2 Å². The first-order valence-corrected chi connectivity index (χ1v) is 11.2. The molecule has 0 aliphatic heterocycles. The van der Waals surface area contributed by atoms with Crippen LogP contribution in [0.1, 0.15) is 58.0 Å². The second-order valence-electron chi connectivity index (χ2n) is 8.42. The minimum absolute atomic E-state index is 0.0745. The summed E-state index contributed by atoms with van der Waals surface area (Å²) in [5.74, 6) is 0.922. The Bertz CT molecular complexity index is 1150. The molecule has 3 rings (SSSR count). The number of benzene rings is 2. The maximum absolute atomic E-state index is 13.6. The summed E-state index contributed by atoms with van der Waals surface area (Å²) in [6.07, 6.45) is 1.24. The number of amides is 1. The van der Waals surface area contributed by atoms with Gasteiger partial charge in [0.2, 0.25) is 5.91 Å². The molecule has 6 heteroatoms. The maximum Gasteiger partial charge on any atom is 0.266 e. The highest BCUT2D eigenvalue weighted by atomic mass is 35.5. The zero-order valence-electron chi connectivity index (χ0n) is 18.9. The van der Waals surface area contributed by atoms with Crippen LogP contribution < -0.4 is 5.56 Å². The monoisotopic (exact) mass is 439 g/mol. The van der Waals surface area contributed by atoms with E-state index < -0.39 is 0 Å². The molecule has 0 aliphatic rings. The van der Waals surface area contributed by atoms with Crippen LogP contribution in [0.2, 0.25) is 5.02 Å². The Kier molecular flexibility index (Phi) is 7.16. The van der Waals surface area contributed by atoms with E-state index in [-0.39, 0.29) is 17.5 Å². The first kappa shape index (κ1) is 23.0. The zero-order chi connectivity index (χ0) is 22.7. The number of carbonyl (C=O) groups excluding carboxylic acids is 1. The number of carbonyl (C=O) groups is 1. The van der Waals surface area contributed by atoms with Crippen LogP contribution in [-0.2, 0) is 4.79 Å². The second kappa shape index (κ2) is 9.65. The van der Waals surface area contributed by atoms with Gasteiger partial charge < -0.3 is 4.90 Å². The molecular weight excluding hydrogens is 410 g/mol. The third-order valence-electron chi connectivity index (χ3n) is 5.39. The highest BCUT2D eigenvalue weighted by Crippen LogP contribution is 2.26. The van der Waals surface area contributed by atoms with Crippen molar-refractivity contribution < 1.29 is 4.79 Å². The fraction of sp³-hybridized carbons (Fsp3) is 0.400. The Morgan fingerprint density at radius 1 is 1.16 bits per heavy atom. The largest absolute Gasteiger partial charge is 0.333 e. The average molecular weight is 440 g/mol. The maximum atomic E-state index is 13.6. The van der Waals surface area contributed by atoms with Crippen molar-refractivity contribution in [2.75, 3.05) is 6.54 Å². The van der Waals surface area contributed by atoms with Gasteiger partial charge in [-0.1, -0.05) is 44.5 Å². The number of fused-ring (bicyclic) bond motifs is 1. The highest BCUT2D eigenvalue weighted by molar-refractivity contribution is 6.30. The molecule has 3 aromatic rings. The molecule has 2 aromatic carbocycles. The van der Waals surface area contributed by atoms with Crippen molar-refractivity contribution >= 4 is 28.4 Å². The lowest BCUT2D eigenvalue weighted by atomic mass is 10.1. The summed E-state index contributed by atoms with van der Waals surface area (Å²) in [5.41, 5.74) is 2.08. The van der Waals surface area contributed by atoms with Crippen molar-refractivity contribution in [3.05, 3.63) is 69.2 Å². The predicted octanol–water partition coefficient (Wildman–Crippen LogP) is 5.69. The topological polar surface area (TPSA) is 55.2 Å². The Morgan fingerprint density at radius 3 is 2.52 bits per heavy atom. The lowest BCUT2D eigenvalue weighted by Crippen LogP contribution is -2.39. The van der Waals surface area contributed by atoms with E-state index in [9.17, 15) is 9.59 Å². The summed E-state index contributed by atoms with van der Waals surface area (Å²) in [6.45, 7) is 10.6. The van der Waals surface area contributed by atoms with Gasteiger partial charge >= 0.3 is 0 Å². The first-order chi connectivity index (χ1) is 14.7. The van der Waals surface area contributed by atoms with Gasteiger partial charge in [-0.05, 0) is 62.1 Å². The van der Waals surface area contributed by atoms with Gasteiger partial charge in [-0.2, -0.15) is 0 Å². The third kappa shape index (κ3) is 4.82. The van der Waals surface area contributed by atoms with E-state index in [0.717, 1.165) is 17.7 Å². The molecule has 0 bridgehead atoms. The molecule has 0 aliphatic carbocycles. The number of nitrogens with zero attached hydrogens (tertiary/aromatic N) is 3. The molecule has 1 unspecified atom stereocenters. The van der Waals surface area contributed by atoms with Gasteiger partial charge in [0, 0.05) is 18.0 Å². The molecule has 0 N–H and O–H groups in total. The molecule has 5 nitrogen and oxygen atoms in total. The van der Waals surface area contributed by atoms with Crippen LogP contribution in [0.3, 0.4) is 0 Å². The summed E-state index contributed by atoms with van der Waals surface area (Å²) in [4.78, 5) is 33.3. The molecule has 1 aromatic heterocycles. The van der Waals surface area contributed by atoms with Gasteiger partial charge in [0.1, 0.15) is 5.82 Å². The summed E-state index contributed by atoms with van der Waals surface area (Å²) < 4.78 is 1.64. The van der Waals surface area contributed by atoms with Crippen molar-refractivity contribution in [1.82, 2.24) is 14.5 Å². The van der Waals surface area contributed by atoms with Crippen LogP contribution in [0.15, 0.2) is 47.3 Å². The van der Waals surface area contributed by atoms with E-state index in [1.165, 1.54) is 0 Å². The van der Waals surface area contributed by atoms with Crippen molar-refractivity contribution in [1.29, 1.82) is 0 Å². The fourth-order valence-corrected chi connectivity index (χ4v) is 4.13. The zero-order valence-corrected chi connectivity index (χ0v) is 19.6. The quantitative estimate of drug-likeness (QED) is 0.475. The molecule has 0 radical (unpaired) electrons. The minimum Gasteiger partial charge on any atom is -0.333 e. The van der Waals surface area contributed by atoms with Crippen molar-refractivity contribution in [3.63, 3.8) is 0 Å². The minimum atomic E-state index is -0.367. The van der Waals surface area contributed by atoms with Crippen molar-refractivity contribution in [2.45, 2.75) is 53.5 Å². The molecule has 31 heavy (non-hydrogen) atoms. The Labute approximate surface area is 188 Å². The van der Waals surface area contributed by atoms with E-state index in [4.69, 9.17) is 16.6 Å². The van der Waals surface area contributed by atoms with Gasteiger partial charge in [0.15, 0.2) is 0 Å². The van der Waals surface area contributed by atoms with Gasteiger partial charge in [-0.25, -0.2) is 4.98 Å². The van der Waals surface area contributed by atoms with Crippen molar-refractivity contribution in [3.8, 4) is 5.69 Å². The molecule has 0 spiro atoms. The lowest BCUT2D eigenvalue weighted by Gasteiger charge is -2.32. The van der Waals surface area contributed by atoms with Crippen LogP contribution in [0.5, 0.6) is 0 Å². The van der Waals surface area contributed by atoms with Crippen LogP contribution in [0.4, 0.5) is 0 Å². The standard InChI is InChI=1S/C25H30ClN3O2/c1-6-9-23(30)28(15-16(2)3)18(5)24-27-21-11-8-7-10-20(21)25(31)29(24)22-13-12-19(26)14-17(22)4/h7-8,10-14,16,18H,6,9,15H2,1-5H3. The molecule has 0 saturated carbocycles. The van der Waals surface area contributed by atoms with E-state index in [0.29, 0.717) is 40.6 Å². The number of halogens is 1. The van der Waals surface area contributed by atoms with E-state index in [2.05, 4.69) is 13.8 Å². The second-order valence-corrected chi connectivity index (χ2v) is 8.86. The summed E-state index contributed by atoms with van der Waals surface area (Å²) >= 11 is 6.17. The summed E-state index contributed by atoms with van der Waals surface area (Å²) in [5, 5.41) is 1.15. The Hall–Kier alpha value is -2.66. The van der Waals surface area contributed by atoms with Crippen molar-refractivity contribution in [2.24, 2.45) is 5.92 Å². The number of aromatic nitrogens is 2. The number of rotatable bonds is 7. The molecule has 1 atom stereocenters. The average Bonchev–Trinajstić information content (AvgIpc) is 2.72. The lowest BCUT2D eigenvalue weighted by molar-refractivity contribution is -0.134. The van der Waals surface area contributed by atoms with Crippen LogP contribution in [0, 0.1) is 12.8 Å². The van der Waals surface area contributed by atoms with Gasteiger partial charge in [0.05, 0.1) is 22.6 Å². The molecule has 164 valence electrons. The third-order valence-corrected chi connectivity index (χ3v) is 5.62. The Balaban J connectivity index is 2.29. The summed E-state index contributed by atoms with van der Waals surface area (Å²) in [6, 6.07) is 12.4. The Morgan fingerprint density at radius 2 is 1.87 bits per heavy atom. The van der Waals surface area contributed by atoms with E-state index >= 15 is 0 Å². The van der Waals surface area contributed by atoms with E-state index in [1.807, 2.05) is 56.0 Å². The normalized spacial score (nSPS) is 12.4. The molecular formula is C25H30ClN3O2. The molecule has 1 heterocycles. The SMILES string of the molecule is CCCC(=O)N(CC(C)C)C(C)c1nc2ccccc2c(=O)n1-c1ccc(Cl)cc1C. The summed E-state index contributed by atoms with van der Waals surface area (Å²) in [7, 11) is 0. The molecule has 0 fully saturated rings. The predicted molar refractivity (Wildman–Crippen MR) is 127 cm³/mol. The number of hydrogen-bond acceptors (Lipinski definition) is 3. The van der Waals surface area contributed by atoms with Crippen LogP contribution in [0.25, 0.3) is 16.6 Å². The highest BCUT2D eigenvalue weighted by Gasteiger charge is 2.27. The van der Waals surface area contributed by atoms with E-state index in [1.54, 1.807) is 16.7 Å². The van der Waals surface area contributed by atoms with Gasteiger partial charge in [-0.15, -0.1) is 0 Å². The van der Waals surface area contributed by atoms with Gasteiger partial charge in [0.25, 0.3) is 5.56 Å². The molecule has 0 saturated heterocycles. The smallest absolute Gasteiger partial charge is 0.266 e. The number of para-hydroxylation sites is 1. The number of aryl methyl sites for hydroxylation is 1. The molecule has 1 amide bonds. The van der Waals surface area contributed by atoms with Crippen LogP contribution >= 0.6 is 11.6 Å².